The third-order valence-corrected chi connectivity index (χ3v) is 4.53. The number of aliphatic hydroxyl groups is 2. The first kappa shape index (κ1) is 21.5. The van der Waals surface area contributed by atoms with Crippen LogP contribution in [-0.4, -0.2) is 34.5 Å². The normalized spacial score (nSPS) is 21.6. The number of unbranched alkanes of at least 4 members (excludes halogenated alkanes) is 2. The van der Waals surface area contributed by atoms with Crippen LogP contribution in [0.3, 0.4) is 0 Å². The fraction of sp³-hybridized carbons (Fsp3) is 0.619. The zero-order valence-corrected chi connectivity index (χ0v) is 15.3. The maximum Gasteiger partial charge on any atom is 0.159 e. The Morgan fingerprint density at radius 3 is 2.80 bits per heavy atom. The first-order valence-electron chi connectivity index (χ1n) is 9.42. The van der Waals surface area contributed by atoms with E-state index in [0.717, 1.165) is 32.1 Å². The molecule has 0 saturated carbocycles. The summed E-state index contributed by atoms with van der Waals surface area (Å²) >= 11 is 0. The molecule has 2 N–H and O–H groups in total. The molecular weight excluding hydrogens is 316 g/mol. The number of allylic oxidation sites excluding steroid dienone is 5. The molecule has 0 aromatic heterocycles. The number of hydrogen-bond acceptors (Lipinski definition) is 4. The molecule has 4 heteroatoms. The summed E-state index contributed by atoms with van der Waals surface area (Å²) in [5, 5.41) is 18.5. The Kier molecular flexibility index (Phi) is 11.0. The molecule has 0 spiro atoms. The van der Waals surface area contributed by atoms with Crippen LogP contribution in [0.5, 0.6) is 0 Å². The number of hydrogen-bond donors (Lipinski definition) is 2. The van der Waals surface area contributed by atoms with Crippen molar-refractivity contribution in [1.82, 2.24) is 0 Å². The molecule has 4 nitrogen and oxygen atoms in total. The van der Waals surface area contributed by atoms with E-state index in [-0.39, 0.29) is 36.1 Å². The van der Waals surface area contributed by atoms with Gasteiger partial charge in [0.25, 0.3) is 0 Å². The molecule has 1 aliphatic rings. The monoisotopic (exact) mass is 348 g/mol. The minimum absolute atomic E-state index is 0.0561. The number of Topliss-reactive ketones (excluding diaryl/α,β-unsaturated/α-hetero) is 1. The Bertz CT molecular complexity index is 490. The van der Waals surface area contributed by atoms with Crippen molar-refractivity contribution in [2.75, 3.05) is 6.61 Å². The van der Waals surface area contributed by atoms with Gasteiger partial charge in [-0.05, 0) is 38.2 Å². The van der Waals surface area contributed by atoms with E-state index in [1.807, 2.05) is 30.4 Å². The third-order valence-electron chi connectivity index (χ3n) is 4.53. The van der Waals surface area contributed by atoms with Crippen LogP contribution < -0.4 is 0 Å². The summed E-state index contributed by atoms with van der Waals surface area (Å²) in [6, 6.07) is 0. The van der Waals surface area contributed by atoms with Crippen molar-refractivity contribution in [2.24, 2.45) is 11.8 Å². The Balaban J connectivity index is 2.34. The molecule has 0 bridgehead atoms. The largest absolute Gasteiger partial charge is 0.393 e. The SMILES string of the molecule is CCCCC(O)CC=C[C@H]1C=CC(=O)[C@@H]1CC=CCCCC(=O)CO. The minimum Gasteiger partial charge on any atom is -0.393 e. The molecule has 1 rings (SSSR count). The highest BCUT2D eigenvalue weighted by atomic mass is 16.3. The van der Waals surface area contributed by atoms with Crippen LogP contribution in [0.1, 0.15) is 58.3 Å². The highest BCUT2D eigenvalue weighted by Gasteiger charge is 2.26. The van der Waals surface area contributed by atoms with E-state index in [9.17, 15) is 14.7 Å². The summed E-state index contributed by atoms with van der Waals surface area (Å²) in [7, 11) is 0. The van der Waals surface area contributed by atoms with Crippen molar-refractivity contribution in [3.05, 3.63) is 36.5 Å². The first-order valence-corrected chi connectivity index (χ1v) is 9.42. The second-order valence-electron chi connectivity index (χ2n) is 6.70. The third kappa shape index (κ3) is 8.94. The molecule has 0 aromatic rings. The van der Waals surface area contributed by atoms with Crippen molar-refractivity contribution >= 4 is 11.6 Å². The Hall–Kier alpha value is -1.52. The molecule has 140 valence electrons. The van der Waals surface area contributed by atoms with Gasteiger partial charge in [-0.1, -0.05) is 50.1 Å². The van der Waals surface area contributed by atoms with Crippen LogP contribution in [0.2, 0.25) is 0 Å². The smallest absolute Gasteiger partial charge is 0.159 e. The van der Waals surface area contributed by atoms with Crippen LogP contribution in [0.15, 0.2) is 36.5 Å². The molecule has 0 heterocycles. The van der Waals surface area contributed by atoms with Gasteiger partial charge in [0.2, 0.25) is 0 Å². The summed E-state index contributed by atoms with van der Waals surface area (Å²) in [5.41, 5.74) is 0. The van der Waals surface area contributed by atoms with Gasteiger partial charge in [0, 0.05) is 18.3 Å². The Morgan fingerprint density at radius 1 is 1.28 bits per heavy atom. The number of carbonyl (C=O) groups is 2. The molecule has 0 aliphatic heterocycles. The molecule has 0 saturated heterocycles. The lowest BCUT2D eigenvalue weighted by Gasteiger charge is -2.13. The predicted octanol–water partition coefficient (Wildman–Crippen LogP) is 3.53. The molecular formula is C21H32O4. The van der Waals surface area contributed by atoms with Crippen molar-refractivity contribution in [1.29, 1.82) is 0 Å². The highest BCUT2D eigenvalue weighted by Crippen LogP contribution is 2.27. The molecule has 0 fully saturated rings. The zero-order chi connectivity index (χ0) is 18.5. The summed E-state index contributed by atoms with van der Waals surface area (Å²) in [5.74, 6) is 0.0713. The Morgan fingerprint density at radius 2 is 2.08 bits per heavy atom. The van der Waals surface area contributed by atoms with Gasteiger partial charge in [0.05, 0.1) is 6.10 Å². The van der Waals surface area contributed by atoms with E-state index in [1.54, 1.807) is 6.08 Å². The predicted molar refractivity (Wildman–Crippen MR) is 100 cm³/mol. The van der Waals surface area contributed by atoms with Gasteiger partial charge in [-0.2, -0.15) is 0 Å². The van der Waals surface area contributed by atoms with Crippen LogP contribution in [0.4, 0.5) is 0 Å². The number of rotatable bonds is 13. The van der Waals surface area contributed by atoms with E-state index >= 15 is 0 Å². The summed E-state index contributed by atoms with van der Waals surface area (Å²) in [6.45, 7) is 1.73. The number of aliphatic hydroxyl groups excluding tert-OH is 2. The fourth-order valence-corrected chi connectivity index (χ4v) is 2.93. The lowest BCUT2D eigenvalue weighted by Crippen LogP contribution is -2.13. The minimum atomic E-state index is -0.382. The zero-order valence-electron chi connectivity index (χ0n) is 15.3. The summed E-state index contributed by atoms with van der Waals surface area (Å²) in [4.78, 5) is 23.0. The molecule has 3 atom stereocenters. The van der Waals surface area contributed by atoms with Crippen molar-refractivity contribution < 1.29 is 19.8 Å². The van der Waals surface area contributed by atoms with Gasteiger partial charge < -0.3 is 10.2 Å². The maximum atomic E-state index is 12.0. The molecule has 0 radical (unpaired) electrons. The molecule has 25 heavy (non-hydrogen) atoms. The van der Waals surface area contributed by atoms with Gasteiger partial charge in [0.15, 0.2) is 11.6 Å². The van der Waals surface area contributed by atoms with Crippen LogP contribution in [0, 0.1) is 11.8 Å². The molecule has 1 unspecified atom stereocenters. The Labute approximate surface area is 151 Å². The van der Waals surface area contributed by atoms with E-state index in [1.165, 1.54) is 0 Å². The average Bonchev–Trinajstić information content (AvgIpc) is 2.95. The van der Waals surface area contributed by atoms with Gasteiger partial charge in [-0.15, -0.1) is 0 Å². The van der Waals surface area contributed by atoms with Gasteiger partial charge >= 0.3 is 0 Å². The van der Waals surface area contributed by atoms with Gasteiger partial charge in [-0.3, -0.25) is 9.59 Å². The van der Waals surface area contributed by atoms with Crippen LogP contribution in [-0.2, 0) is 9.59 Å². The fourth-order valence-electron chi connectivity index (χ4n) is 2.93. The van der Waals surface area contributed by atoms with Crippen LogP contribution >= 0.6 is 0 Å². The van der Waals surface area contributed by atoms with Gasteiger partial charge in [0.1, 0.15) is 6.61 Å². The highest BCUT2D eigenvalue weighted by molar-refractivity contribution is 5.95. The average molecular weight is 348 g/mol. The topological polar surface area (TPSA) is 74.6 Å². The maximum absolute atomic E-state index is 12.0. The van der Waals surface area contributed by atoms with Gasteiger partial charge in [-0.25, -0.2) is 0 Å². The van der Waals surface area contributed by atoms with Crippen molar-refractivity contribution in [2.45, 2.75) is 64.4 Å². The van der Waals surface area contributed by atoms with Crippen LogP contribution in [0.25, 0.3) is 0 Å². The van der Waals surface area contributed by atoms with E-state index in [0.29, 0.717) is 19.3 Å². The standard InChI is InChI=1S/C21H32O4/c1-2-3-10-18(23)12-8-9-17-14-15-21(25)20(17)13-7-5-4-6-11-19(24)16-22/h5,7-9,14-15,17-18,20,22-23H,2-4,6,10-13,16H2,1H3/t17-,18?,20+/m0/s1. The summed E-state index contributed by atoms with van der Waals surface area (Å²) in [6.07, 6.45) is 17.5. The molecule has 0 amide bonds. The number of ketones is 2. The summed E-state index contributed by atoms with van der Waals surface area (Å²) < 4.78 is 0. The van der Waals surface area contributed by atoms with E-state index in [2.05, 4.69) is 6.92 Å². The van der Waals surface area contributed by atoms with Crippen molar-refractivity contribution in [3.8, 4) is 0 Å². The second kappa shape index (κ2) is 12.8. The lowest BCUT2D eigenvalue weighted by molar-refractivity contribution is -0.121. The van der Waals surface area contributed by atoms with E-state index in [4.69, 9.17) is 5.11 Å². The first-order chi connectivity index (χ1) is 12.1. The van der Waals surface area contributed by atoms with Crippen molar-refractivity contribution in [3.63, 3.8) is 0 Å². The number of carbonyl (C=O) groups excluding carboxylic acids is 2. The quantitative estimate of drug-likeness (QED) is 0.394. The van der Waals surface area contributed by atoms with E-state index < -0.39 is 0 Å². The second-order valence-corrected chi connectivity index (χ2v) is 6.70. The molecule has 1 aliphatic carbocycles. The lowest BCUT2D eigenvalue weighted by atomic mass is 9.90. The molecule has 0 aromatic carbocycles.